The second kappa shape index (κ2) is 14.5. The molecular weight excluding hydrogens is 759 g/mol. The van der Waals surface area contributed by atoms with Gasteiger partial charge in [0.05, 0.1) is 5.69 Å². The third kappa shape index (κ3) is 6.01. The fourth-order valence-corrected chi connectivity index (χ4v) is 10.4. The highest BCUT2D eigenvalue weighted by atomic mass is 32.1. The lowest BCUT2D eigenvalue weighted by Gasteiger charge is -2.28. The number of nitrogens with zero attached hydrogens (tertiary/aromatic N) is 1. The highest BCUT2D eigenvalue weighted by Gasteiger charge is 2.29. The minimum Gasteiger partial charge on any atom is -0.454 e. The van der Waals surface area contributed by atoms with E-state index in [4.69, 9.17) is 4.74 Å². The van der Waals surface area contributed by atoms with Gasteiger partial charge in [0.1, 0.15) is 5.75 Å². The summed E-state index contributed by atoms with van der Waals surface area (Å²) in [6.45, 7) is 0. The van der Waals surface area contributed by atoms with Crippen LogP contribution in [-0.4, -0.2) is 0 Å². The number of hydrogen-bond donors (Lipinski definition) is 0. The van der Waals surface area contributed by atoms with Crippen molar-refractivity contribution in [3.8, 4) is 67.1 Å². The third-order valence-corrected chi connectivity index (χ3v) is 13.3. The number of para-hydroxylation sites is 1. The molecule has 1 aliphatic heterocycles. The van der Waals surface area contributed by atoms with Crippen molar-refractivity contribution >= 4 is 59.3 Å². The number of anilines is 3. The average Bonchev–Trinajstić information content (AvgIpc) is 3.65. The van der Waals surface area contributed by atoms with Gasteiger partial charge in [-0.1, -0.05) is 176 Å². The molecule has 0 atom stereocenters. The van der Waals surface area contributed by atoms with Crippen molar-refractivity contribution in [3.05, 3.63) is 224 Å². The first-order chi connectivity index (χ1) is 30.2. The second-order valence-corrected chi connectivity index (χ2v) is 16.7. The van der Waals surface area contributed by atoms with Gasteiger partial charge in [0, 0.05) is 48.2 Å². The van der Waals surface area contributed by atoms with Crippen molar-refractivity contribution in [2.75, 3.05) is 4.90 Å². The van der Waals surface area contributed by atoms with E-state index in [9.17, 15) is 0 Å². The van der Waals surface area contributed by atoms with Gasteiger partial charge in [-0.2, -0.15) is 0 Å². The standard InChI is InChI=1S/C58H37NOS/c1-3-14-38(15-4-1)39-28-32-44(33-29-39)59(45-34-30-41(31-35-45)47-22-12-25-51-48-20-9-10-27-55(48)61-58(47)51)53-26-13-24-50-49-23-11-21-46(40-16-5-2-6-17-40)56(49)52-36-42-18-7-8-19-43(42)37-54(52)60-57(50)53/h1-37H. The maximum atomic E-state index is 7.36. The van der Waals surface area contributed by atoms with Crippen molar-refractivity contribution in [1.82, 2.24) is 0 Å². The lowest BCUT2D eigenvalue weighted by atomic mass is 9.87. The minimum atomic E-state index is 0.814. The Hall–Kier alpha value is -7.72. The first-order valence-electron chi connectivity index (χ1n) is 20.7. The molecule has 0 bridgehead atoms. The van der Waals surface area contributed by atoms with Gasteiger partial charge in [-0.15, -0.1) is 11.3 Å². The van der Waals surface area contributed by atoms with Gasteiger partial charge in [0.2, 0.25) is 0 Å². The Labute approximate surface area is 358 Å². The van der Waals surface area contributed by atoms with Crippen molar-refractivity contribution in [2.45, 2.75) is 0 Å². The van der Waals surface area contributed by atoms with E-state index in [0.717, 1.165) is 50.6 Å². The summed E-state index contributed by atoms with van der Waals surface area (Å²) in [6.07, 6.45) is 0. The fourth-order valence-electron chi connectivity index (χ4n) is 9.18. The quantitative estimate of drug-likeness (QED) is 0.166. The molecule has 0 amide bonds. The zero-order valence-corrected chi connectivity index (χ0v) is 33.9. The second-order valence-electron chi connectivity index (χ2n) is 15.6. The van der Waals surface area contributed by atoms with Crippen molar-refractivity contribution < 1.29 is 4.74 Å². The number of thiophene rings is 1. The largest absolute Gasteiger partial charge is 0.454 e. The van der Waals surface area contributed by atoms with Crippen LogP contribution < -0.4 is 9.64 Å². The van der Waals surface area contributed by atoms with Gasteiger partial charge in [-0.25, -0.2) is 0 Å². The number of benzene rings is 10. The maximum absolute atomic E-state index is 7.36. The minimum absolute atomic E-state index is 0.814. The summed E-state index contributed by atoms with van der Waals surface area (Å²) in [4.78, 5) is 2.35. The van der Waals surface area contributed by atoms with Crippen LogP contribution in [0.15, 0.2) is 224 Å². The highest BCUT2D eigenvalue weighted by Crippen LogP contribution is 2.55. The highest BCUT2D eigenvalue weighted by molar-refractivity contribution is 7.26. The first kappa shape index (κ1) is 35.2. The predicted octanol–water partition coefficient (Wildman–Crippen LogP) is 17.1. The summed E-state index contributed by atoms with van der Waals surface area (Å²) < 4.78 is 9.98. The average molecular weight is 796 g/mol. The van der Waals surface area contributed by atoms with E-state index in [1.807, 2.05) is 11.3 Å². The molecule has 0 fully saturated rings. The van der Waals surface area contributed by atoms with E-state index in [2.05, 4.69) is 229 Å². The predicted molar refractivity (Wildman–Crippen MR) is 259 cm³/mol. The molecule has 0 unspecified atom stereocenters. The van der Waals surface area contributed by atoms with Crippen molar-refractivity contribution in [2.24, 2.45) is 0 Å². The molecule has 0 spiro atoms. The van der Waals surface area contributed by atoms with E-state index in [0.29, 0.717) is 0 Å². The topological polar surface area (TPSA) is 12.5 Å². The van der Waals surface area contributed by atoms with Gasteiger partial charge in [0.15, 0.2) is 5.75 Å². The Balaban J connectivity index is 1.07. The van der Waals surface area contributed by atoms with Crippen molar-refractivity contribution in [1.29, 1.82) is 0 Å². The summed E-state index contributed by atoms with van der Waals surface area (Å²) in [5.74, 6) is 1.65. The van der Waals surface area contributed by atoms with Crippen LogP contribution in [0.4, 0.5) is 17.1 Å². The van der Waals surface area contributed by atoms with Gasteiger partial charge < -0.3 is 9.64 Å². The molecule has 0 saturated heterocycles. The van der Waals surface area contributed by atoms with Gasteiger partial charge >= 0.3 is 0 Å². The normalized spacial score (nSPS) is 11.7. The molecule has 1 aliphatic rings. The summed E-state index contributed by atoms with van der Waals surface area (Å²) in [5, 5.41) is 4.92. The summed E-state index contributed by atoms with van der Waals surface area (Å²) in [7, 11) is 0. The molecule has 0 aliphatic carbocycles. The van der Waals surface area contributed by atoms with Crippen LogP contribution in [0.3, 0.4) is 0 Å². The van der Waals surface area contributed by atoms with Gasteiger partial charge in [0.25, 0.3) is 0 Å². The van der Waals surface area contributed by atoms with Crippen molar-refractivity contribution in [3.63, 3.8) is 0 Å². The first-order valence-corrected chi connectivity index (χ1v) is 21.6. The van der Waals surface area contributed by atoms with E-state index in [-0.39, 0.29) is 0 Å². The molecule has 2 heterocycles. The van der Waals surface area contributed by atoms with Crippen LogP contribution >= 0.6 is 11.3 Å². The molecule has 61 heavy (non-hydrogen) atoms. The molecule has 11 aromatic rings. The van der Waals surface area contributed by atoms with E-state index in [1.165, 1.54) is 64.5 Å². The van der Waals surface area contributed by atoms with Gasteiger partial charge in [-0.05, 0) is 98.2 Å². The third-order valence-electron chi connectivity index (χ3n) is 12.1. The monoisotopic (exact) mass is 795 g/mol. The lowest BCUT2D eigenvalue weighted by Crippen LogP contribution is -2.11. The molecule has 0 N–H and O–H groups in total. The van der Waals surface area contributed by atoms with Crippen LogP contribution in [-0.2, 0) is 0 Å². The van der Waals surface area contributed by atoms with Crippen LogP contribution in [0.1, 0.15) is 0 Å². The SMILES string of the molecule is c1ccc(-c2ccc(N(c3ccc(-c4cccc5c4sc4ccccc45)cc3)c3cccc4c3Oc3cc5ccccc5cc3-c3c(-c5ccccc5)cccc3-4)cc2)cc1. The van der Waals surface area contributed by atoms with Crippen LogP contribution in [0.5, 0.6) is 11.5 Å². The molecule has 3 heteroatoms. The molecule has 10 aromatic carbocycles. The fraction of sp³-hybridized carbons (Fsp3) is 0. The molecule has 1 aromatic heterocycles. The lowest BCUT2D eigenvalue weighted by molar-refractivity contribution is 0.489. The van der Waals surface area contributed by atoms with Crippen LogP contribution in [0.25, 0.3) is 86.6 Å². The molecular formula is C58H37NOS. The number of ether oxygens (including phenoxy) is 1. The van der Waals surface area contributed by atoms with E-state index in [1.54, 1.807) is 0 Å². The molecule has 286 valence electrons. The maximum Gasteiger partial charge on any atom is 0.159 e. The van der Waals surface area contributed by atoms with E-state index >= 15 is 0 Å². The molecule has 2 nitrogen and oxygen atoms in total. The Bertz CT molecular complexity index is 3420. The van der Waals surface area contributed by atoms with Crippen LogP contribution in [0.2, 0.25) is 0 Å². The number of hydrogen-bond acceptors (Lipinski definition) is 3. The summed E-state index contributed by atoms with van der Waals surface area (Å²) in [5.41, 5.74) is 14.6. The Kier molecular flexibility index (Phi) is 8.39. The molecule has 0 saturated carbocycles. The summed E-state index contributed by atoms with van der Waals surface area (Å²) >= 11 is 1.87. The molecule has 12 rings (SSSR count). The zero-order valence-electron chi connectivity index (χ0n) is 33.1. The van der Waals surface area contributed by atoms with Crippen LogP contribution in [0, 0.1) is 0 Å². The zero-order chi connectivity index (χ0) is 40.3. The Morgan fingerprint density at radius 2 is 0.902 bits per heavy atom. The smallest absolute Gasteiger partial charge is 0.159 e. The van der Waals surface area contributed by atoms with E-state index < -0.39 is 0 Å². The number of fused-ring (bicyclic) bond motifs is 9. The molecule has 0 radical (unpaired) electrons. The number of rotatable bonds is 6. The Morgan fingerprint density at radius 3 is 1.67 bits per heavy atom. The van der Waals surface area contributed by atoms with Gasteiger partial charge in [-0.3, -0.25) is 0 Å². The summed E-state index contributed by atoms with van der Waals surface area (Å²) in [6, 6.07) is 81.0. The Morgan fingerprint density at radius 1 is 0.361 bits per heavy atom.